The number of nitrogens with zero attached hydrogens (tertiary/aromatic N) is 3. The molecule has 0 saturated carbocycles. The first kappa shape index (κ1) is 11.0. The normalized spacial score (nSPS) is 10.1. The van der Waals surface area contributed by atoms with E-state index in [1.165, 1.54) is 23.7 Å². The van der Waals surface area contributed by atoms with Crippen LogP contribution in [0.25, 0.3) is 0 Å². The molecule has 0 aliphatic carbocycles. The number of nitrogens with one attached hydrogen (secondary N) is 1. The molecular weight excluding hydrogens is 248 g/mol. The molecule has 0 fully saturated rings. The molecule has 1 N–H and O–H groups in total. The molecule has 2 aromatic rings. The predicted octanol–water partition coefficient (Wildman–Crippen LogP) is 2.15. The Morgan fingerprint density at radius 2 is 2.12 bits per heavy atom. The van der Waals surface area contributed by atoms with Crippen LogP contribution < -0.4 is 5.32 Å². The number of aromatic nitrogens is 3. The van der Waals surface area contributed by atoms with Gasteiger partial charge in [0.2, 0.25) is 0 Å². The van der Waals surface area contributed by atoms with Crippen molar-refractivity contribution in [2.75, 3.05) is 5.32 Å². The van der Waals surface area contributed by atoms with Crippen LogP contribution >= 0.6 is 22.9 Å². The molecule has 5 nitrogen and oxygen atoms in total. The van der Waals surface area contributed by atoms with Crippen molar-refractivity contribution in [3.63, 3.8) is 0 Å². The van der Waals surface area contributed by atoms with Gasteiger partial charge in [0.05, 0.1) is 12.4 Å². The number of hydrogen-bond donors (Lipinski definition) is 1. The van der Waals surface area contributed by atoms with Crippen molar-refractivity contribution in [3.8, 4) is 0 Å². The summed E-state index contributed by atoms with van der Waals surface area (Å²) in [5.74, 6) is -0.349. The number of hydrogen-bond acceptors (Lipinski definition) is 5. The molecule has 16 heavy (non-hydrogen) atoms. The first-order chi connectivity index (χ1) is 7.65. The SMILES string of the molecule is Cc1cnc(NC(=O)c2cnc(Cl)cn2)s1. The van der Waals surface area contributed by atoms with Gasteiger partial charge in [-0.2, -0.15) is 0 Å². The summed E-state index contributed by atoms with van der Waals surface area (Å²) in [5, 5.41) is 3.41. The van der Waals surface area contributed by atoms with Crippen LogP contribution in [0.1, 0.15) is 15.4 Å². The minimum Gasteiger partial charge on any atom is -0.296 e. The van der Waals surface area contributed by atoms with Crippen molar-refractivity contribution >= 4 is 34.0 Å². The highest BCUT2D eigenvalue weighted by molar-refractivity contribution is 7.15. The van der Waals surface area contributed by atoms with Gasteiger partial charge in [-0.3, -0.25) is 10.1 Å². The van der Waals surface area contributed by atoms with E-state index in [0.717, 1.165) is 4.88 Å². The lowest BCUT2D eigenvalue weighted by atomic mass is 10.4. The van der Waals surface area contributed by atoms with Crippen LogP contribution in [-0.2, 0) is 0 Å². The Balaban J connectivity index is 2.11. The molecule has 2 aromatic heterocycles. The van der Waals surface area contributed by atoms with E-state index < -0.39 is 0 Å². The van der Waals surface area contributed by atoms with Gasteiger partial charge in [0.15, 0.2) is 5.13 Å². The molecule has 0 unspecified atom stereocenters. The fourth-order valence-electron chi connectivity index (χ4n) is 1.00. The number of halogens is 1. The molecule has 0 saturated heterocycles. The monoisotopic (exact) mass is 254 g/mol. The largest absolute Gasteiger partial charge is 0.296 e. The van der Waals surface area contributed by atoms with Crippen molar-refractivity contribution in [2.45, 2.75) is 6.92 Å². The van der Waals surface area contributed by atoms with Crippen molar-refractivity contribution in [3.05, 3.63) is 34.3 Å². The van der Waals surface area contributed by atoms with Gasteiger partial charge in [-0.25, -0.2) is 15.0 Å². The molecule has 2 rings (SSSR count). The number of carbonyl (C=O) groups is 1. The number of thiazole rings is 1. The molecule has 0 atom stereocenters. The fraction of sp³-hybridized carbons (Fsp3) is 0.111. The smallest absolute Gasteiger partial charge is 0.277 e. The van der Waals surface area contributed by atoms with Crippen molar-refractivity contribution in [1.29, 1.82) is 0 Å². The Labute approximate surface area is 101 Å². The Bertz CT molecular complexity index is 510. The highest BCUT2D eigenvalue weighted by Gasteiger charge is 2.09. The maximum absolute atomic E-state index is 11.6. The lowest BCUT2D eigenvalue weighted by Crippen LogP contribution is -2.13. The molecule has 1 amide bonds. The van der Waals surface area contributed by atoms with Gasteiger partial charge in [-0.15, -0.1) is 11.3 Å². The van der Waals surface area contributed by atoms with E-state index in [1.807, 2.05) is 6.92 Å². The first-order valence-electron chi connectivity index (χ1n) is 4.36. The van der Waals surface area contributed by atoms with Gasteiger partial charge < -0.3 is 0 Å². The van der Waals surface area contributed by atoms with E-state index in [4.69, 9.17) is 11.6 Å². The maximum atomic E-state index is 11.6. The second kappa shape index (κ2) is 4.54. The van der Waals surface area contributed by atoms with E-state index in [9.17, 15) is 4.79 Å². The van der Waals surface area contributed by atoms with Gasteiger partial charge in [0.25, 0.3) is 5.91 Å². The quantitative estimate of drug-likeness (QED) is 0.892. The minimum absolute atomic E-state index is 0.206. The molecule has 0 aliphatic heterocycles. The van der Waals surface area contributed by atoms with Gasteiger partial charge in [-0.1, -0.05) is 11.6 Å². The van der Waals surface area contributed by atoms with Crippen LogP contribution in [0.5, 0.6) is 0 Å². The van der Waals surface area contributed by atoms with E-state index in [1.54, 1.807) is 6.20 Å². The summed E-state index contributed by atoms with van der Waals surface area (Å²) in [6.07, 6.45) is 4.33. The van der Waals surface area contributed by atoms with E-state index >= 15 is 0 Å². The van der Waals surface area contributed by atoms with Crippen molar-refractivity contribution in [1.82, 2.24) is 15.0 Å². The van der Waals surface area contributed by atoms with Gasteiger partial charge >= 0.3 is 0 Å². The molecular formula is C9H7ClN4OS. The van der Waals surface area contributed by atoms with E-state index in [2.05, 4.69) is 20.3 Å². The van der Waals surface area contributed by atoms with Crippen LogP contribution in [0, 0.1) is 6.92 Å². The zero-order valence-corrected chi connectivity index (χ0v) is 9.84. The van der Waals surface area contributed by atoms with Crippen LogP contribution in [0.2, 0.25) is 5.15 Å². The molecule has 0 aromatic carbocycles. The maximum Gasteiger partial charge on any atom is 0.277 e. The molecule has 0 spiro atoms. The number of aryl methyl sites for hydroxylation is 1. The Morgan fingerprint density at radius 1 is 1.31 bits per heavy atom. The lowest BCUT2D eigenvalue weighted by molar-refractivity contribution is 0.102. The number of amides is 1. The molecule has 2 heterocycles. The predicted molar refractivity (Wildman–Crippen MR) is 61.8 cm³/mol. The van der Waals surface area contributed by atoms with Gasteiger partial charge in [-0.05, 0) is 6.92 Å². The molecule has 0 radical (unpaired) electrons. The van der Waals surface area contributed by atoms with Crippen LogP contribution in [0.15, 0.2) is 18.6 Å². The highest BCUT2D eigenvalue weighted by Crippen LogP contribution is 2.17. The summed E-state index contributed by atoms with van der Waals surface area (Å²) < 4.78 is 0. The minimum atomic E-state index is -0.349. The lowest BCUT2D eigenvalue weighted by Gasteiger charge is -1.99. The van der Waals surface area contributed by atoms with Gasteiger partial charge in [0.1, 0.15) is 10.8 Å². The summed E-state index contributed by atoms with van der Waals surface area (Å²) in [6.45, 7) is 1.91. The Morgan fingerprint density at radius 3 is 2.69 bits per heavy atom. The zero-order chi connectivity index (χ0) is 11.5. The third-order valence-corrected chi connectivity index (χ3v) is 2.72. The molecule has 0 aliphatic rings. The molecule has 82 valence electrons. The average molecular weight is 255 g/mol. The fourth-order valence-corrected chi connectivity index (χ4v) is 1.76. The van der Waals surface area contributed by atoms with Crippen LogP contribution in [-0.4, -0.2) is 20.9 Å². The number of rotatable bonds is 2. The first-order valence-corrected chi connectivity index (χ1v) is 5.56. The summed E-state index contributed by atoms with van der Waals surface area (Å²) >= 11 is 6.96. The third kappa shape index (κ3) is 2.53. The standard InChI is InChI=1S/C9H7ClN4OS/c1-5-2-13-9(16-5)14-8(15)6-3-12-7(10)4-11-6/h2-4H,1H3,(H,13,14,15). The van der Waals surface area contributed by atoms with E-state index in [0.29, 0.717) is 5.13 Å². The van der Waals surface area contributed by atoms with Crippen LogP contribution in [0.4, 0.5) is 5.13 Å². The van der Waals surface area contributed by atoms with Crippen molar-refractivity contribution in [2.24, 2.45) is 0 Å². The van der Waals surface area contributed by atoms with Crippen LogP contribution in [0.3, 0.4) is 0 Å². The Hall–Kier alpha value is -1.53. The topological polar surface area (TPSA) is 67.8 Å². The second-order valence-electron chi connectivity index (χ2n) is 2.95. The number of anilines is 1. The molecule has 7 heteroatoms. The summed E-state index contributed by atoms with van der Waals surface area (Å²) in [7, 11) is 0. The highest BCUT2D eigenvalue weighted by atomic mass is 35.5. The summed E-state index contributed by atoms with van der Waals surface area (Å²) in [4.78, 5) is 24.3. The summed E-state index contributed by atoms with van der Waals surface area (Å²) in [5.41, 5.74) is 0.206. The zero-order valence-electron chi connectivity index (χ0n) is 8.27. The average Bonchev–Trinajstić information content (AvgIpc) is 2.65. The van der Waals surface area contributed by atoms with Crippen molar-refractivity contribution < 1.29 is 4.79 Å². The Kier molecular flexibility index (Phi) is 3.12. The third-order valence-electron chi connectivity index (χ3n) is 1.69. The molecule has 0 bridgehead atoms. The van der Waals surface area contributed by atoms with Gasteiger partial charge in [0, 0.05) is 11.1 Å². The number of carbonyl (C=O) groups excluding carboxylic acids is 1. The second-order valence-corrected chi connectivity index (χ2v) is 4.58. The summed E-state index contributed by atoms with van der Waals surface area (Å²) in [6, 6.07) is 0. The van der Waals surface area contributed by atoms with E-state index in [-0.39, 0.29) is 16.8 Å².